The third-order valence-corrected chi connectivity index (χ3v) is 13.0. The molecule has 290 valence electrons. The Morgan fingerprint density at radius 2 is 1.80 bits per heavy atom. The average Bonchev–Trinajstić information content (AvgIpc) is 3.66. The number of carbonyl (C=O) groups excluding carboxylic acids is 2. The van der Waals surface area contributed by atoms with Crippen molar-refractivity contribution in [3.8, 4) is 11.3 Å². The molecule has 4 aliphatic heterocycles. The number of imidazole rings is 1. The number of hydrogen-bond acceptors (Lipinski definition) is 8. The topological polar surface area (TPSA) is 108 Å². The second kappa shape index (κ2) is 13.9. The summed E-state index contributed by atoms with van der Waals surface area (Å²) in [5.74, 6) is -0.217. The van der Waals surface area contributed by atoms with E-state index < -0.39 is 17.4 Å². The Labute approximate surface area is 320 Å². The molecule has 6 heterocycles. The molecule has 1 aliphatic carbocycles. The zero-order valence-corrected chi connectivity index (χ0v) is 32.1. The van der Waals surface area contributed by atoms with Gasteiger partial charge in [0, 0.05) is 48.5 Å². The molecule has 11 nitrogen and oxygen atoms in total. The third-order valence-electron chi connectivity index (χ3n) is 13.0. The molecule has 2 aromatic heterocycles. The van der Waals surface area contributed by atoms with Gasteiger partial charge in [-0.1, -0.05) is 12.1 Å². The van der Waals surface area contributed by atoms with Gasteiger partial charge in [0.15, 0.2) is 5.82 Å². The summed E-state index contributed by atoms with van der Waals surface area (Å²) >= 11 is 0. The minimum atomic E-state index is -0.782. The maximum absolute atomic E-state index is 15.6. The van der Waals surface area contributed by atoms with Crippen LogP contribution in [0.5, 0.6) is 0 Å². The molecule has 0 bridgehead atoms. The van der Waals surface area contributed by atoms with Gasteiger partial charge in [-0.15, -0.1) is 0 Å². The van der Waals surface area contributed by atoms with Crippen LogP contribution in [0, 0.1) is 12.7 Å². The van der Waals surface area contributed by atoms with E-state index in [2.05, 4.69) is 43.5 Å². The van der Waals surface area contributed by atoms with Crippen molar-refractivity contribution in [2.24, 2.45) is 0 Å². The first kappa shape index (κ1) is 36.2. The van der Waals surface area contributed by atoms with Gasteiger partial charge in [0.2, 0.25) is 5.91 Å². The summed E-state index contributed by atoms with van der Waals surface area (Å²) in [6.07, 6.45) is 5.65. The Hall–Kier alpha value is -4.46. The summed E-state index contributed by atoms with van der Waals surface area (Å²) in [6.45, 7) is 10.4. The van der Waals surface area contributed by atoms with E-state index in [-0.39, 0.29) is 35.6 Å². The highest BCUT2D eigenvalue weighted by Gasteiger charge is 2.56. The summed E-state index contributed by atoms with van der Waals surface area (Å²) in [6, 6.07) is 11.9. The van der Waals surface area contributed by atoms with Crippen LogP contribution in [-0.4, -0.2) is 107 Å². The van der Waals surface area contributed by atoms with E-state index >= 15 is 4.39 Å². The molecule has 1 atom stereocenters. The van der Waals surface area contributed by atoms with Gasteiger partial charge in [0.05, 0.1) is 47.9 Å². The Morgan fingerprint density at radius 1 is 1.02 bits per heavy atom. The summed E-state index contributed by atoms with van der Waals surface area (Å²) in [4.78, 5) is 44.2. The van der Waals surface area contributed by atoms with Crippen molar-refractivity contribution >= 4 is 40.0 Å². The number of ether oxygens (including phenoxy) is 1. The fraction of sp³-hybridized carbons (Fsp3) is 0.524. The molecule has 55 heavy (non-hydrogen) atoms. The number of aromatic nitrogens is 3. The number of nitrogens with one attached hydrogen (secondary N) is 2. The largest absolute Gasteiger partial charge is 0.378 e. The Bertz CT molecular complexity index is 2150. The summed E-state index contributed by atoms with van der Waals surface area (Å²) in [7, 11) is 1.55. The number of rotatable bonds is 8. The van der Waals surface area contributed by atoms with Crippen LogP contribution in [0.25, 0.3) is 22.3 Å². The van der Waals surface area contributed by atoms with E-state index in [1.165, 1.54) is 12.1 Å². The van der Waals surface area contributed by atoms with Crippen LogP contribution in [0.3, 0.4) is 0 Å². The van der Waals surface area contributed by atoms with Crippen LogP contribution in [0.2, 0.25) is 0 Å². The lowest BCUT2D eigenvalue weighted by Crippen LogP contribution is -2.60. The summed E-state index contributed by atoms with van der Waals surface area (Å²) in [5.41, 5.74) is 5.29. The Balaban J connectivity index is 1.10. The predicted molar refractivity (Wildman–Crippen MR) is 208 cm³/mol. The SMILES string of the molecule is CNC(=O)c1cc(Nc2nc(-c3ccc4c(c3)N(C3CC(N5CCC[C@@H](F)C5)C3)C(=O)C43CCN(C4COC4)CC3)cc3ncn(C(C)C)c23)c(F)cc1C. The van der Waals surface area contributed by atoms with E-state index in [0.29, 0.717) is 47.2 Å². The quantitative estimate of drug-likeness (QED) is 0.217. The monoisotopic (exact) mass is 752 g/mol. The zero-order valence-electron chi connectivity index (χ0n) is 32.1. The second-order valence-electron chi connectivity index (χ2n) is 16.6. The van der Waals surface area contributed by atoms with Gasteiger partial charge < -0.3 is 24.8 Å². The number of alkyl halides is 1. The lowest BCUT2D eigenvalue weighted by molar-refractivity contribution is -0.128. The van der Waals surface area contributed by atoms with E-state index in [9.17, 15) is 14.0 Å². The molecule has 0 radical (unpaired) electrons. The van der Waals surface area contributed by atoms with E-state index in [0.717, 1.165) is 87.3 Å². The minimum Gasteiger partial charge on any atom is -0.378 e. The average molecular weight is 753 g/mol. The number of amides is 2. The maximum Gasteiger partial charge on any atom is 0.251 e. The second-order valence-corrected chi connectivity index (χ2v) is 16.6. The number of piperidine rings is 2. The number of aryl methyl sites for hydroxylation is 1. The molecule has 5 aliphatic rings. The first-order valence-corrected chi connectivity index (χ1v) is 19.9. The van der Waals surface area contributed by atoms with Gasteiger partial charge in [-0.05, 0) is 114 Å². The number of nitrogens with zero attached hydrogens (tertiary/aromatic N) is 6. The van der Waals surface area contributed by atoms with Crippen molar-refractivity contribution in [3.63, 3.8) is 0 Å². The predicted octanol–water partition coefficient (Wildman–Crippen LogP) is 6.27. The van der Waals surface area contributed by atoms with Crippen molar-refractivity contribution in [2.45, 2.75) is 95.1 Å². The van der Waals surface area contributed by atoms with Crippen molar-refractivity contribution in [2.75, 3.05) is 56.7 Å². The van der Waals surface area contributed by atoms with Gasteiger partial charge >= 0.3 is 0 Å². The van der Waals surface area contributed by atoms with Crippen LogP contribution in [0.15, 0.2) is 42.7 Å². The fourth-order valence-electron chi connectivity index (χ4n) is 9.62. The van der Waals surface area contributed by atoms with Gasteiger partial charge in [0.1, 0.15) is 17.5 Å². The number of pyridine rings is 1. The van der Waals surface area contributed by atoms with Gasteiger partial charge in [-0.3, -0.25) is 19.4 Å². The van der Waals surface area contributed by atoms with Crippen molar-refractivity contribution in [1.82, 2.24) is 29.7 Å². The molecule has 9 rings (SSSR count). The molecule has 2 aromatic carbocycles. The van der Waals surface area contributed by atoms with Crippen LogP contribution >= 0.6 is 0 Å². The first-order chi connectivity index (χ1) is 26.5. The number of likely N-dealkylation sites (tertiary alicyclic amines) is 2. The van der Waals surface area contributed by atoms with Crippen molar-refractivity contribution in [1.29, 1.82) is 0 Å². The maximum atomic E-state index is 15.6. The first-order valence-electron chi connectivity index (χ1n) is 19.9. The van der Waals surface area contributed by atoms with Crippen LogP contribution < -0.4 is 15.5 Å². The van der Waals surface area contributed by atoms with E-state index in [4.69, 9.17) is 14.7 Å². The lowest BCUT2D eigenvalue weighted by atomic mass is 9.73. The number of halogens is 2. The third kappa shape index (κ3) is 6.09. The van der Waals surface area contributed by atoms with E-state index in [1.807, 2.05) is 24.5 Å². The molecular weight excluding hydrogens is 703 g/mol. The molecule has 2 N–H and O–H groups in total. The highest BCUT2D eigenvalue weighted by Crippen LogP contribution is 2.52. The Morgan fingerprint density at radius 3 is 2.49 bits per heavy atom. The molecular formula is C42H50F2N8O3. The lowest BCUT2D eigenvalue weighted by Gasteiger charge is -2.49. The van der Waals surface area contributed by atoms with Gasteiger partial charge in [-0.2, -0.15) is 0 Å². The zero-order chi connectivity index (χ0) is 38.2. The van der Waals surface area contributed by atoms with Crippen molar-refractivity contribution < 1.29 is 23.1 Å². The fourth-order valence-corrected chi connectivity index (χ4v) is 9.62. The highest BCUT2D eigenvalue weighted by molar-refractivity contribution is 6.09. The number of benzene rings is 2. The van der Waals surface area contributed by atoms with Crippen LogP contribution in [0.4, 0.5) is 26.0 Å². The molecule has 0 unspecified atom stereocenters. The molecule has 1 spiro atoms. The number of carbonyl (C=O) groups is 2. The standard InChI is InChI=1S/C42H50F2N8O3/c1-24(2)51-23-46-36-19-34(47-39(38(36)51)48-35-18-31(40(53)45-4)25(3)14-33(35)44)26-7-8-32-37(15-26)52(29-16-28(17-29)50-11-5-6-27(43)20-50)41(54)42(32)9-12-49(13-10-42)30-21-55-22-30/h7-8,14-15,18-19,23-24,27-30H,5-6,9-13,16-17,20-22H2,1-4H3,(H,45,53)(H,47,48)/t27-,28?,29?/m1/s1. The van der Waals surface area contributed by atoms with E-state index in [1.54, 1.807) is 20.3 Å². The molecule has 13 heteroatoms. The van der Waals surface area contributed by atoms with Gasteiger partial charge in [-0.25, -0.2) is 18.7 Å². The van der Waals surface area contributed by atoms with Gasteiger partial charge in [0.25, 0.3) is 5.91 Å². The normalized spacial score (nSPS) is 24.3. The smallest absolute Gasteiger partial charge is 0.251 e. The molecule has 3 saturated heterocycles. The van der Waals surface area contributed by atoms with Crippen LogP contribution in [-0.2, 0) is 14.9 Å². The minimum absolute atomic E-state index is 0.0392. The molecule has 4 fully saturated rings. The Kier molecular flexibility index (Phi) is 9.17. The summed E-state index contributed by atoms with van der Waals surface area (Å²) < 4.78 is 37.4. The van der Waals surface area contributed by atoms with Crippen molar-refractivity contribution in [3.05, 3.63) is 65.2 Å². The summed E-state index contributed by atoms with van der Waals surface area (Å²) in [5, 5.41) is 5.87. The van der Waals surface area contributed by atoms with Crippen LogP contribution in [0.1, 0.15) is 79.9 Å². The number of anilines is 3. The number of hydrogen-bond donors (Lipinski definition) is 2. The number of fused-ring (bicyclic) bond motifs is 3. The molecule has 4 aromatic rings. The molecule has 1 saturated carbocycles. The molecule has 2 amide bonds. The highest BCUT2D eigenvalue weighted by atomic mass is 19.1.